The first-order valence-corrected chi connectivity index (χ1v) is 6.73. The number of benzene rings is 2. The Bertz CT molecular complexity index is 808. The van der Waals surface area contributed by atoms with Crippen LogP contribution in [-0.4, -0.2) is 4.98 Å². The van der Waals surface area contributed by atoms with Crippen LogP contribution in [-0.2, 0) is 6.18 Å². The molecule has 0 bridgehead atoms. The fourth-order valence-corrected chi connectivity index (χ4v) is 2.27. The summed E-state index contributed by atoms with van der Waals surface area (Å²) in [7, 11) is 0. The Morgan fingerprint density at radius 3 is 2.36 bits per heavy atom. The molecule has 0 aliphatic rings. The van der Waals surface area contributed by atoms with Crippen molar-refractivity contribution in [3.8, 4) is 0 Å². The number of nitrogens with one attached hydrogen (secondary N) is 1. The number of halogens is 3. The van der Waals surface area contributed by atoms with E-state index in [9.17, 15) is 13.2 Å². The zero-order valence-corrected chi connectivity index (χ0v) is 11.8. The Hall–Kier alpha value is -2.56. The highest BCUT2D eigenvalue weighted by Crippen LogP contribution is 2.31. The summed E-state index contributed by atoms with van der Waals surface area (Å²) in [5, 5.41) is 4.08. The fourth-order valence-electron chi connectivity index (χ4n) is 2.27. The van der Waals surface area contributed by atoms with E-state index in [1.54, 1.807) is 12.3 Å². The summed E-state index contributed by atoms with van der Waals surface area (Å²) in [5.41, 5.74) is 2.68. The van der Waals surface area contributed by atoms with Gasteiger partial charge in [-0.05, 0) is 49.4 Å². The van der Waals surface area contributed by atoms with Crippen LogP contribution in [0.1, 0.15) is 11.1 Å². The molecule has 0 aliphatic heterocycles. The third-order valence-corrected chi connectivity index (χ3v) is 3.39. The molecule has 0 unspecified atom stereocenters. The average molecular weight is 302 g/mol. The van der Waals surface area contributed by atoms with Crippen LogP contribution in [0, 0.1) is 6.92 Å². The number of aryl methyl sites for hydroxylation is 1. The molecule has 2 nitrogen and oxygen atoms in total. The zero-order chi connectivity index (χ0) is 15.7. The molecule has 2 aromatic carbocycles. The van der Waals surface area contributed by atoms with Gasteiger partial charge in [0, 0.05) is 23.0 Å². The molecule has 3 rings (SSSR count). The standard InChI is InChI=1S/C17H13F3N2/c1-11-2-7-15-14(10-11)16(8-9-21-15)22-13-5-3-12(4-6-13)17(18,19)20/h2-10H,1H3,(H,21,22). The minimum absolute atomic E-state index is 0.599. The summed E-state index contributed by atoms with van der Waals surface area (Å²) >= 11 is 0. The van der Waals surface area contributed by atoms with Crippen molar-refractivity contribution in [3.63, 3.8) is 0 Å². The van der Waals surface area contributed by atoms with Gasteiger partial charge in [-0.2, -0.15) is 13.2 Å². The van der Waals surface area contributed by atoms with Crippen LogP contribution in [0.3, 0.4) is 0 Å². The molecule has 3 aromatic rings. The Kier molecular flexibility index (Phi) is 3.48. The number of hydrogen-bond acceptors (Lipinski definition) is 2. The van der Waals surface area contributed by atoms with Gasteiger partial charge in [0.2, 0.25) is 0 Å². The van der Waals surface area contributed by atoms with Crippen molar-refractivity contribution < 1.29 is 13.2 Å². The van der Waals surface area contributed by atoms with Gasteiger partial charge in [-0.15, -0.1) is 0 Å². The molecule has 0 spiro atoms. The molecule has 1 heterocycles. The van der Waals surface area contributed by atoms with Gasteiger partial charge in [0.15, 0.2) is 0 Å². The molecule has 0 aliphatic carbocycles. The SMILES string of the molecule is Cc1ccc2nccc(Nc3ccc(C(F)(F)F)cc3)c2c1. The molecule has 0 saturated heterocycles. The highest BCUT2D eigenvalue weighted by molar-refractivity contribution is 5.93. The molecule has 0 atom stereocenters. The Labute approximate surface area is 125 Å². The number of pyridine rings is 1. The highest BCUT2D eigenvalue weighted by atomic mass is 19.4. The molecule has 1 aromatic heterocycles. The van der Waals surface area contributed by atoms with Gasteiger partial charge in [0.05, 0.1) is 11.1 Å². The van der Waals surface area contributed by atoms with Crippen molar-refractivity contribution in [2.75, 3.05) is 5.32 Å². The molecular formula is C17H13F3N2. The van der Waals surface area contributed by atoms with E-state index in [1.165, 1.54) is 12.1 Å². The smallest absolute Gasteiger partial charge is 0.355 e. The maximum atomic E-state index is 12.6. The van der Waals surface area contributed by atoms with Crippen molar-refractivity contribution in [2.45, 2.75) is 13.1 Å². The van der Waals surface area contributed by atoms with Crippen LogP contribution in [0.25, 0.3) is 10.9 Å². The summed E-state index contributed by atoms with van der Waals surface area (Å²) < 4.78 is 37.7. The molecule has 1 N–H and O–H groups in total. The number of aromatic nitrogens is 1. The maximum absolute atomic E-state index is 12.6. The molecular weight excluding hydrogens is 289 g/mol. The maximum Gasteiger partial charge on any atom is 0.416 e. The lowest BCUT2D eigenvalue weighted by molar-refractivity contribution is -0.137. The molecule has 112 valence electrons. The van der Waals surface area contributed by atoms with Crippen LogP contribution in [0.2, 0.25) is 0 Å². The van der Waals surface area contributed by atoms with E-state index in [1.807, 2.05) is 25.1 Å². The fraction of sp³-hybridized carbons (Fsp3) is 0.118. The molecule has 22 heavy (non-hydrogen) atoms. The van der Waals surface area contributed by atoms with E-state index in [2.05, 4.69) is 10.3 Å². The van der Waals surface area contributed by atoms with Crippen LogP contribution in [0.4, 0.5) is 24.5 Å². The highest BCUT2D eigenvalue weighted by Gasteiger charge is 2.29. The van der Waals surface area contributed by atoms with E-state index >= 15 is 0 Å². The van der Waals surface area contributed by atoms with Crippen LogP contribution in [0.5, 0.6) is 0 Å². The van der Waals surface area contributed by atoms with Crippen molar-refractivity contribution in [3.05, 3.63) is 65.9 Å². The third kappa shape index (κ3) is 2.88. The number of rotatable bonds is 2. The van der Waals surface area contributed by atoms with Gasteiger partial charge < -0.3 is 5.32 Å². The summed E-state index contributed by atoms with van der Waals surface area (Å²) in [5.74, 6) is 0. The van der Waals surface area contributed by atoms with Crippen molar-refractivity contribution in [1.82, 2.24) is 4.98 Å². The van der Waals surface area contributed by atoms with E-state index < -0.39 is 11.7 Å². The van der Waals surface area contributed by atoms with E-state index in [4.69, 9.17) is 0 Å². The zero-order valence-electron chi connectivity index (χ0n) is 11.8. The van der Waals surface area contributed by atoms with Crippen molar-refractivity contribution in [1.29, 1.82) is 0 Å². The lowest BCUT2D eigenvalue weighted by atomic mass is 10.1. The summed E-state index contributed by atoms with van der Waals surface area (Å²) in [4.78, 5) is 4.28. The lowest BCUT2D eigenvalue weighted by Crippen LogP contribution is -2.04. The first-order chi connectivity index (χ1) is 10.4. The first-order valence-electron chi connectivity index (χ1n) is 6.73. The molecule has 0 amide bonds. The van der Waals surface area contributed by atoms with Crippen LogP contribution >= 0.6 is 0 Å². The van der Waals surface area contributed by atoms with Gasteiger partial charge >= 0.3 is 6.18 Å². The average Bonchev–Trinajstić information content (AvgIpc) is 2.47. The van der Waals surface area contributed by atoms with E-state index in [0.29, 0.717) is 5.69 Å². The van der Waals surface area contributed by atoms with Gasteiger partial charge in [0.25, 0.3) is 0 Å². The number of hydrogen-bond donors (Lipinski definition) is 1. The minimum atomic E-state index is -4.32. The number of nitrogens with zero attached hydrogens (tertiary/aromatic N) is 1. The minimum Gasteiger partial charge on any atom is -0.355 e. The Morgan fingerprint density at radius 2 is 1.68 bits per heavy atom. The largest absolute Gasteiger partial charge is 0.416 e. The second-order valence-corrected chi connectivity index (χ2v) is 5.08. The Morgan fingerprint density at radius 1 is 0.955 bits per heavy atom. The van der Waals surface area contributed by atoms with Crippen molar-refractivity contribution in [2.24, 2.45) is 0 Å². The second-order valence-electron chi connectivity index (χ2n) is 5.08. The third-order valence-electron chi connectivity index (χ3n) is 3.39. The summed E-state index contributed by atoms with van der Waals surface area (Å²) in [6.45, 7) is 1.98. The second kappa shape index (κ2) is 5.33. The van der Waals surface area contributed by atoms with Crippen LogP contribution in [0.15, 0.2) is 54.7 Å². The van der Waals surface area contributed by atoms with Crippen LogP contribution < -0.4 is 5.32 Å². The summed E-state index contributed by atoms with van der Waals surface area (Å²) in [6, 6.07) is 12.7. The predicted molar refractivity (Wildman–Crippen MR) is 81.2 cm³/mol. The van der Waals surface area contributed by atoms with Gasteiger partial charge in [-0.1, -0.05) is 11.6 Å². The quantitative estimate of drug-likeness (QED) is 0.694. The predicted octanol–water partition coefficient (Wildman–Crippen LogP) is 5.31. The normalized spacial score (nSPS) is 11.6. The van der Waals surface area contributed by atoms with Gasteiger partial charge in [-0.25, -0.2) is 0 Å². The summed E-state index contributed by atoms with van der Waals surface area (Å²) in [6.07, 6.45) is -2.65. The molecule has 5 heteroatoms. The topological polar surface area (TPSA) is 24.9 Å². The monoisotopic (exact) mass is 302 g/mol. The Balaban J connectivity index is 1.95. The van der Waals surface area contributed by atoms with Crippen molar-refractivity contribution >= 4 is 22.3 Å². The number of alkyl halides is 3. The molecule has 0 fully saturated rings. The lowest BCUT2D eigenvalue weighted by Gasteiger charge is -2.11. The van der Waals surface area contributed by atoms with Gasteiger partial charge in [0.1, 0.15) is 0 Å². The molecule has 0 saturated carbocycles. The molecule has 0 radical (unpaired) electrons. The number of fused-ring (bicyclic) bond motifs is 1. The van der Waals surface area contributed by atoms with Gasteiger partial charge in [-0.3, -0.25) is 4.98 Å². The van der Waals surface area contributed by atoms with E-state index in [0.717, 1.165) is 34.3 Å². The number of anilines is 2. The van der Waals surface area contributed by atoms with E-state index in [-0.39, 0.29) is 0 Å². The first kappa shape index (κ1) is 14.4.